The van der Waals surface area contributed by atoms with Gasteiger partial charge in [0.1, 0.15) is 0 Å². The predicted molar refractivity (Wildman–Crippen MR) is 87.8 cm³/mol. The van der Waals surface area contributed by atoms with Crippen molar-refractivity contribution >= 4 is 48.3 Å². The number of thiazole rings is 1. The van der Waals surface area contributed by atoms with Crippen LogP contribution in [0.1, 0.15) is 0 Å². The van der Waals surface area contributed by atoms with Crippen LogP contribution in [-0.2, 0) is 10.0 Å². The first-order valence-electron chi connectivity index (χ1n) is 6.55. The van der Waals surface area contributed by atoms with Crippen molar-refractivity contribution in [3.8, 4) is 0 Å². The van der Waals surface area contributed by atoms with Crippen LogP contribution < -0.4 is 4.90 Å². The van der Waals surface area contributed by atoms with Gasteiger partial charge in [0.2, 0.25) is 10.0 Å². The second-order valence-corrected chi connectivity index (χ2v) is 8.96. The van der Waals surface area contributed by atoms with Gasteiger partial charge in [-0.1, -0.05) is 22.9 Å². The summed E-state index contributed by atoms with van der Waals surface area (Å²) in [6.45, 7) is 2.24. The van der Waals surface area contributed by atoms with E-state index in [-0.39, 0.29) is 0 Å². The number of aromatic nitrogens is 1. The average Bonchev–Trinajstić information content (AvgIpc) is 2.73. The van der Waals surface area contributed by atoms with Crippen molar-refractivity contribution in [1.82, 2.24) is 9.29 Å². The van der Waals surface area contributed by atoms with E-state index in [0.717, 1.165) is 28.4 Å². The van der Waals surface area contributed by atoms with Gasteiger partial charge in [0, 0.05) is 37.6 Å². The third kappa shape index (κ3) is 3.15. The van der Waals surface area contributed by atoms with Crippen LogP contribution in [0, 0.1) is 5.92 Å². The SMILES string of the molecule is CN(CC1CN(c2nc3ccc(Cl)cc3s2)C1)S(C)(=O)=O. The summed E-state index contributed by atoms with van der Waals surface area (Å²) in [5.74, 6) is 0.361. The molecule has 1 aromatic carbocycles. The lowest BCUT2D eigenvalue weighted by atomic mass is 10.0. The Labute approximate surface area is 133 Å². The molecule has 2 heterocycles. The van der Waals surface area contributed by atoms with Crippen LogP contribution in [0.15, 0.2) is 18.2 Å². The molecule has 0 amide bonds. The molecule has 8 heteroatoms. The number of halogens is 1. The molecule has 1 saturated heterocycles. The molecule has 1 aliphatic rings. The minimum Gasteiger partial charge on any atom is -0.347 e. The number of hydrogen-bond donors (Lipinski definition) is 0. The topological polar surface area (TPSA) is 53.5 Å². The minimum absolute atomic E-state index is 0.361. The molecule has 1 aromatic heterocycles. The van der Waals surface area contributed by atoms with E-state index in [4.69, 9.17) is 11.6 Å². The van der Waals surface area contributed by atoms with Crippen LogP contribution in [0.4, 0.5) is 5.13 Å². The molecule has 0 radical (unpaired) electrons. The summed E-state index contributed by atoms with van der Waals surface area (Å²) >= 11 is 7.60. The maximum absolute atomic E-state index is 11.4. The van der Waals surface area contributed by atoms with E-state index in [0.29, 0.717) is 17.5 Å². The molecule has 0 aliphatic carbocycles. The molecule has 21 heavy (non-hydrogen) atoms. The van der Waals surface area contributed by atoms with Gasteiger partial charge in [0.25, 0.3) is 0 Å². The van der Waals surface area contributed by atoms with Gasteiger partial charge in [-0.3, -0.25) is 0 Å². The number of rotatable bonds is 4. The number of benzene rings is 1. The van der Waals surface area contributed by atoms with E-state index >= 15 is 0 Å². The van der Waals surface area contributed by atoms with E-state index in [1.54, 1.807) is 18.4 Å². The molecule has 0 saturated carbocycles. The molecule has 114 valence electrons. The van der Waals surface area contributed by atoms with Gasteiger partial charge in [-0.05, 0) is 18.2 Å². The Morgan fingerprint density at radius 1 is 1.48 bits per heavy atom. The summed E-state index contributed by atoms with van der Waals surface area (Å²) in [6.07, 6.45) is 1.24. The summed E-state index contributed by atoms with van der Waals surface area (Å²) in [5, 5.41) is 1.69. The van der Waals surface area contributed by atoms with E-state index in [1.165, 1.54) is 10.6 Å². The third-order valence-electron chi connectivity index (χ3n) is 3.65. The van der Waals surface area contributed by atoms with Crippen molar-refractivity contribution in [2.24, 2.45) is 5.92 Å². The fraction of sp³-hybridized carbons (Fsp3) is 0.462. The van der Waals surface area contributed by atoms with Gasteiger partial charge < -0.3 is 4.90 Å². The fourth-order valence-corrected chi connectivity index (χ4v) is 4.10. The zero-order chi connectivity index (χ0) is 15.2. The van der Waals surface area contributed by atoms with Crippen LogP contribution in [0.2, 0.25) is 5.02 Å². The number of nitrogens with zero attached hydrogens (tertiary/aromatic N) is 3. The largest absolute Gasteiger partial charge is 0.347 e. The lowest BCUT2D eigenvalue weighted by Gasteiger charge is -2.40. The monoisotopic (exact) mass is 345 g/mol. The number of sulfonamides is 1. The van der Waals surface area contributed by atoms with Crippen molar-refractivity contribution in [3.63, 3.8) is 0 Å². The molecule has 1 aliphatic heterocycles. The van der Waals surface area contributed by atoms with Crippen LogP contribution in [0.25, 0.3) is 10.2 Å². The lowest BCUT2D eigenvalue weighted by molar-refractivity contribution is 0.328. The van der Waals surface area contributed by atoms with Crippen molar-refractivity contribution in [2.75, 3.05) is 37.8 Å². The van der Waals surface area contributed by atoms with Gasteiger partial charge in [-0.15, -0.1) is 0 Å². The summed E-state index contributed by atoms with van der Waals surface area (Å²) in [7, 11) is -1.47. The molecule has 0 bridgehead atoms. The molecule has 3 rings (SSSR count). The Bertz CT molecular complexity index is 769. The summed E-state index contributed by atoms with van der Waals surface area (Å²) < 4.78 is 25.3. The predicted octanol–water partition coefficient (Wildman–Crippen LogP) is 2.28. The fourth-order valence-electron chi connectivity index (χ4n) is 2.36. The second-order valence-electron chi connectivity index (χ2n) is 5.42. The molecule has 1 fully saturated rings. The molecule has 0 spiro atoms. The summed E-state index contributed by atoms with van der Waals surface area (Å²) in [6, 6.07) is 5.69. The first kappa shape index (κ1) is 15.0. The van der Waals surface area contributed by atoms with Gasteiger partial charge in [-0.2, -0.15) is 0 Å². The van der Waals surface area contributed by atoms with Gasteiger partial charge in [-0.25, -0.2) is 17.7 Å². The van der Waals surface area contributed by atoms with E-state index in [9.17, 15) is 8.42 Å². The number of fused-ring (bicyclic) bond motifs is 1. The normalized spacial score (nSPS) is 16.7. The zero-order valence-corrected chi connectivity index (χ0v) is 14.2. The maximum atomic E-state index is 11.4. The van der Waals surface area contributed by atoms with Crippen LogP contribution in [0.5, 0.6) is 0 Å². The smallest absolute Gasteiger partial charge is 0.210 e. The van der Waals surface area contributed by atoms with Gasteiger partial charge in [0.05, 0.1) is 16.5 Å². The molecule has 0 N–H and O–H groups in total. The number of anilines is 1. The molecule has 2 aromatic rings. The minimum atomic E-state index is -3.09. The summed E-state index contributed by atoms with van der Waals surface area (Å²) in [4.78, 5) is 6.77. The summed E-state index contributed by atoms with van der Waals surface area (Å²) in [5.41, 5.74) is 0.955. The first-order valence-corrected chi connectivity index (χ1v) is 9.59. The average molecular weight is 346 g/mol. The highest BCUT2D eigenvalue weighted by molar-refractivity contribution is 7.88. The molecule has 5 nitrogen and oxygen atoms in total. The van der Waals surface area contributed by atoms with Crippen molar-refractivity contribution < 1.29 is 8.42 Å². The quantitative estimate of drug-likeness (QED) is 0.853. The Hall–Kier alpha value is -0.890. The van der Waals surface area contributed by atoms with E-state index < -0.39 is 10.0 Å². The van der Waals surface area contributed by atoms with Crippen LogP contribution in [0.3, 0.4) is 0 Å². The lowest BCUT2D eigenvalue weighted by Crippen LogP contribution is -2.51. The Morgan fingerprint density at radius 2 is 2.19 bits per heavy atom. The van der Waals surface area contributed by atoms with Crippen LogP contribution in [-0.4, -0.2) is 50.6 Å². The second kappa shape index (κ2) is 5.39. The van der Waals surface area contributed by atoms with Crippen LogP contribution >= 0.6 is 22.9 Å². The molecular weight excluding hydrogens is 330 g/mol. The highest BCUT2D eigenvalue weighted by Gasteiger charge is 2.31. The Morgan fingerprint density at radius 3 is 2.86 bits per heavy atom. The highest BCUT2D eigenvalue weighted by Crippen LogP contribution is 2.34. The van der Waals surface area contributed by atoms with Crippen molar-refractivity contribution in [2.45, 2.75) is 0 Å². The van der Waals surface area contributed by atoms with Crippen molar-refractivity contribution in [3.05, 3.63) is 23.2 Å². The Kier molecular flexibility index (Phi) is 3.85. The third-order valence-corrected chi connectivity index (χ3v) is 6.24. The Balaban J connectivity index is 1.65. The molecular formula is C13H16ClN3O2S2. The van der Waals surface area contributed by atoms with E-state index in [1.807, 2.05) is 18.2 Å². The number of hydrogen-bond acceptors (Lipinski definition) is 5. The van der Waals surface area contributed by atoms with Gasteiger partial charge >= 0.3 is 0 Å². The molecule has 0 atom stereocenters. The van der Waals surface area contributed by atoms with Gasteiger partial charge in [0.15, 0.2) is 5.13 Å². The standard InChI is InChI=1S/C13H16ClN3O2S2/c1-16(21(2,18)19)6-9-7-17(8-9)13-15-11-4-3-10(14)5-12(11)20-13/h3-5,9H,6-8H2,1-2H3. The van der Waals surface area contributed by atoms with E-state index in [2.05, 4.69) is 9.88 Å². The highest BCUT2D eigenvalue weighted by atomic mass is 35.5. The zero-order valence-electron chi connectivity index (χ0n) is 11.8. The van der Waals surface area contributed by atoms with Crippen molar-refractivity contribution in [1.29, 1.82) is 0 Å². The molecule has 0 unspecified atom stereocenters. The maximum Gasteiger partial charge on any atom is 0.210 e. The first-order chi connectivity index (χ1) is 9.83.